The van der Waals surface area contributed by atoms with Crippen LogP contribution in [0.1, 0.15) is 12.8 Å². The molecule has 2 aliphatic rings. The van der Waals surface area contributed by atoms with Gasteiger partial charge < -0.3 is 15.2 Å². The van der Waals surface area contributed by atoms with Crippen LogP contribution in [0.5, 0.6) is 11.5 Å². The first-order valence-electron chi connectivity index (χ1n) is 6.83. The fourth-order valence-electron chi connectivity index (χ4n) is 2.35. The predicted octanol–water partition coefficient (Wildman–Crippen LogP) is 1.24. The van der Waals surface area contributed by atoms with Crippen LogP contribution in [0.3, 0.4) is 0 Å². The van der Waals surface area contributed by atoms with Gasteiger partial charge in [0.05, 0.1) is 0 Å². The third kappa shape index (κ3) is 3.18. The maximum atomic E-state index is 12.5. The Morgan fingerprint density at radius 3 is 2.48 bits per heavy atom. The van der Waals surface area contributed by atoms with Gasteiger partial charge in [-0.15, -0.1) is 0 Å². The van der Waals surface area contributed by atoms with E-state index in [0.29, 0.717) is 41.6 Å². The summed E-state index contributed by atoms with van der Waals surface area (Å²) in [5.74, 6) is 1.34. The molecule has 3 rings (SSSR count). The molecular weight excluding hydrogens is 360 g/mol. The lowest BCUT2D eigenvalue weighted by molar-refractivity contribution is 0.171. The molecule has 1 heterocycles. The molecule has 1 aliphatic heterocycles. The summed E-state index contributed by atoms with van der Waals surface area (Å²) in [6, 6.07) is 2.90. The number of ether oxygens (including phenoxy) is 2. The molecule has 0 saturated heterocycles. The molecule has 0 spiro atoms. The minimum atomic E-state index is -3.65. The molecule has 1 aromatic carbocycles. The van der Waals surface area contributed by atoms with Crippen LogP contribution in [0.4, 0.5) is 0 Å². The van der Waals surface area contributed by atoms with E-state index in [9.17, 15) is 8.42 Å². The highest BCUT2D eigenvalue weighted by atomic mass is 79.9. The lowest BCUT2D eigenvalue weighted by Crippen LogP contribution is -2.41. The number of hydrogen-bond acceptors (Lipinski definition) is 5. The maximum absolute atomic E-state index is 12.5. The molecule has 116 valence electrons. The molecule has 1 aliphatic carbocycles. The lowest BCUT2D eigenvalue weighted by atomic mass is 10.2. The molecule has 6 nitrogen and oxygen atoms in total. The van der Waals surface area contributed by atoms with Gasteiger partial charge in [-0.05, 0) is 40.8 Å². The van der Waals surface area contributed by atoms with Gasteiger partial charge in [-0.2, -0.15) is 0 Å². The number of sulfonamides is 1. The van der Waals surface area contributed by atoms with Crippen molar-refractivity contribution in [2.24, 2.45) is 11.7 Å². The van der Waals surface area contributed by atoms with Crippen molar-refractivity contribution in [3.63, 3.8) is 0 Å². The Morgan fingerprint density at radius 2 is 1.90 bits per heavy atom. The van der Waals surface area contributed by atoms with Gasteiger partial charge in [0, 0.05) is 23.1 Å². The summed E-state index contributed by atoms with van der Waals surface area (Å²) in [6.07, 6.45) is 2.04. The molecule has 0 amide bonds. The van der Waals surface area contributed by atoms with Crippen molar-refractivity contribution in [2.45, 2.75) is 23.8 Å². The number of nitrogens with two attached hydrogens (primary N) is 1. The molecule has 0 radical (unpaired) electrons. The van der Waals surface area contributed by atoms with Crippen molar-refractivity contribution in [1.82, 2.24) is 4.72 Å². The largest absolute Gasteiger partial charge is 0.486 e. The van der Waals surface area contributed by atoms with E-state index in [4.69, 9.17) is 15.2 Å². The number of rotatable bonds is 5. The molecule has 1 aromatic rings. The quantitative estimate of drug-likeness (QED) is 0.806. The Kier molecular flexibility index (Phi) is 4.13. The Balaban J connectivity index is 1.90. The van der Waals surface area contributed by atoms with Crippen LogP contribution < -0.4 is 19.9 Å². The van der Waals surface area contributed by atoms with E-state index in [1.165, 1.54) is 6.07 Å². The standard InChI is InChI=1S/C13H17BrN2O4S/c14-9-5-11-12(20-4-3-19-11)6-13(9)21(17,18)16-10(7-15)8-1-2-8/h5-6,8,10,16H,1-4,7,15H2/t10-/m0/s1. The van der Waals surface area contributed by atoms with E-state index in [1.807, 2.05) is 0 Å². The van der Waals surface area contributed by atoms with Crippen LogP contribution in [0, 0.1) is 5.92 Å². The first-order chi connectivity index (χ1) is 10.0. The third-order valence-electron chi connectivity index (χ3n) is 3.64. The second-order valence-electron chi connectivity index (χ2n) is 5.23. The van der Waals surface area contributed by atoms with E-state index in [2.05, 4.69) is 20.7 Å². The zero-order chi connectivity index (χ0) is 15.0. The highest BCUT2D eigenvalue weighted by Crippen LogP contribution is 2.38. The minimum absolute atomic E-state index is 0.144. The molecule has 1 fully saturated rings. The van der Waals surface area contributed by atoms with Gasteiger partial charge in [0.15, 0.2) is 11.5 Å². The van der Waals surface area contributed by atoms with Gasteiger partial charge in [-0.1, -0.05) is 0 Å². The first-order valence-corrected chi connectivity index (χ1v) is 9.10. The van der Waals surface area contributed by atoms with Crippen molar-refractivity contribution < 1.29 is 17.9 Å². The van der Waals surface area contributed by atoms with Crippen LogP contribution >= 0.6 is 15.9 Å². The monoisotopic (exact) mass is 376 g/mol. The van der Waals surface area contributed by atoms with Crippen molar-refractivity contribution in [1.29, 1.82) is 0 Å². The minimum Gasteiger partial charge on any atom is -0.486 e. The van der Waals surface area contributed by atoms with Crippen molar-refractivity contribution in [2.75, 3.05) is 19.8 Å². The molecule has 0 unspecified atom stereocenters. The molecule has 1 atom stereocenters. The van der Waals surface area contributed by atoms with Crippen LogP contribution in [-0.4, -0.2) is 34.2 Å². The second-order valence-corrected chi connectivity index (χ2v) is 7.76. The summed E-state index contributed by atoms with van der Waals surface area (Å²) in [6.45, 7) is 1.17. The molecule has 0 bridgehead atoms. The van der Waals surface area contributed by atoms with Crippen LogP contribution in [-0.2, 0) is 10.0 Å². The molecule has 8 heteroatoms. The summed E-state index contributed by atoms with van der Waals surface area (Å²) in [5, 5.41) is 0. The zero-order valence-corrected chi connectivity index (χ0v) is 13.7. The van der Waals surface area contributed by atoms with E-state index >= 15 is 0 Å². The summed E-state index contributed by atoms with van der Waals surface area (Å²) in [7, 11) is -3.65. The Labute approximate surface area is 132 Å². The van der Waals surface area contributed by atoms with Gasteiger partial charge in [-0.3, -0.25) is 0 Å². The summed E-state index contributed by atoms with van der Waals surface area (Å²) < 4.78 is 39.1. The SMILES string of the molecule is NC[C@H](NS(=O)(=O)c1cc2c(cc1Br)OCCO2)C1CC1. The normalized spacial score (nSPS) is 19.3. The molecule has 3 N–H and O–H groups in total. The first kappa shape index (κ1) is 15.1. The summed E-state index contributed by atoms with van der Waals surface area (Å²) >= 11 is 3.29. The number of fused-ring (bicyclic) bond motifs is 1. The topological polar surface area (TPSA) is 90.7 Å². The van der Waals surface area contributed by atoms with E-state index in [1.54, 1.807) is 6.07 Å². The summed E-state index contributed by atoms with van der Waals surface area (Å²) in [4.78, 5) is 0.144. The van der Waals surface area contributed by atoms with Crippen LogP contribution in [0.2, 0.25) is 0 Å². The molecular formula is C13H17BrN2O4S. The van der Waals surface area contributed by atoms with Crippen molar-refractivity contribution >= 4 is 26.0 Å². The zero-order valence-electron chi connectivity index (χ0n) is 11.3. The smallest absolute Gasteiger partial charge is 0.242 e. The molecule has 21 heavy (non-hydrogen) atoms. The van der Waals surface area contributed by atoms with E-state index < -0.39 is 10.0 Å². The number of nitrogens with one attached hydrogen (secondary N) is 1. The van der Waals surface area contributed by atoms with Gasteiger partial charge in [0.1, 0.15) is 18.1 Å². The van der Waals surface area contributed by atoms with Crippen molar-refractivity contribution in [3.05, 3.63) is 16.6 Å². The number of halogens is 1. The third-order valence-corrected chi connectivity index (χ3v) is 6.09. The highest BCUT2D eigenvalue weighted by Gasteiger charge is 2.34. The molecule has 0 aromatic heterocycles. The Morgan fingerprint density at radius 1 is 1.29 bits per heavy atom. The fraction of sp³-hybridized carbons (Fsp3) is 0.538. The second kappa shape index (κ2) is 5.75. The van der Waals surface area contributed by atoms with Gasteiger partial charge in [0.25, 0.3) is 0 Å². The van der Waals surface area contributed by atoms with E-state index in [0.717, 1.165) is 12.8 Å². The summed E-state index contributed by atoms with van der Waals surface area (Å²) in [5.41, 5.74) is 5.66. The van der Waals surface area contributed by atoms with E-state index in [-0.39, 0.29) is 10.9 Å². The van der Waals surface area contributed by atoms with Crippen LogP contribution in [0.25, 0.3) is 0 Å². The number of hydrogen-bond donors (Lipinski definition) is 2. The van der Waals surface area contributed by atoms with Gasteiger partial charge >= 0.3 is 0 Å². The average Bonchev–Trinajstić information content (AvgIpc) is 3.28. The number of benzene rings is 1. The highest BCUT2D eigenvalue weighted by molar-refractivity contribution is 9.10. The van der Waals surface area contributed by atoms with Crippen LogP contribution in [0.15, 0.2) is 21.5 Å². The molecule has 1 saturated carbocycles. The van der Waals surface area contributed by atoms with Gasteiger partial charge in [-0.25, -0.2) is 13.1 Å². The Bertz CT molecular complexity index is 646. The predicted molar refractivity (Wildman–Crippen MR) is 81.0 cm³/mol. The lowest BCUT2D eigenvalue weighted by Gasteiger charge is -2.21. The maximum Gasteiger partial charge on any atom is 0.242 e. The Hall–Kier alpha value is -0.830. The van der Waals surface area contributed by atoms with Gasteiger partial charge in [0.2, 0.25) is 10.0 Å². The fourth-order valence-corrected chi connectivity index (χ4v) is 4.70. The average molecular weight is 377 g/mol. The van der Waals surface area contributed by atoms with Crippen molar-refractivity contribution in [3.8, 4) is 11.5 Å².